The molecule has 17 aromatic carbocycles. The maximum atomic E-state index is 7.27. The Morgan fingerprint density at radius 3 is 0.968 bits per heavy atom. The summed E-state index contributed by atoms with van der Waals surface area (Å²) in [7, 11) is 0. The Morgan fingerprint density at radius 2 is 0.524 bits per heavy atom. The first-order chi connectivity index (χ1) is 61.5. The van der Waals surface area contributed by atoms with Crippen LogP contribution in [0.2, 0.25) is 0 Å². The van der Waals surface area contributed by atoms with Crippen molar-refractivity contribution in [1.82, 2.24) is 34.9 Å². The van der Waals surface area contributed by atoms with Crippen molar-refractivity contribution in [3.63, 3.8) is 0 Å². The van der Waals surface area contributed by atoms with Gasteiger partial charge < -0.3 is 9.47 Å². The third kappa shape index (κ3) is 10.8. The van der Waals surface area contributed by atoms with E-state index in [0.29, 0.717) is 17.5 Å². The molecule has 576 valence electrons. The molecule has 0 saturated heterocycles. The minimum atomic E-state index is -0.595. The zero-order valence-electron chi connectivity index (χ0n) is 66.8. The van der Waals surface area contributed by atoms with Crippen LogP contribution in [0.1, 0.15) is 44.5 Å². The molecule has 5 aromatic heterocycles. The smallest absolute Gasteiger partial charge is 0.164 e. The van der Waals surface area contributed by atoms with Crippen LogP contribution in [-0.4, -0.2) is 34.9 Å². The van der Waals surface area contributed by atoms with Gasteiger partial charge in [0.05, 0.1) is 55.7 Å². The number of rotatable bonds is 8. The van der Waals surface area contributed by atoms with Crippen LogP contribution in [0.3, 0.4) is 0 Å². The second-order valence-corrected chi connectivity index (χ2v) is 32.3. The van der Waals surface area contributed by atoms with E-state index >= 15 is 0 Å². The molecule has 0 fully saturated rings. The summed E-state index contributed by atoms with van der Waals surface area (Å²) in [4.78, 5) is 36.4. The summed E-state index contributed by atoms with van der Waals surface area (Å²) < 4.78 is 14.5. The van der Waals surface area contributed by atoms with Gasteiger partial charge in [-0.15, -0.1) is 0 Å². The van der Waals surface area contributed by atoms with Crippen molar-refractivity contribution in [2.75, 3.05) is 0 Å². The molecule has 9 nitrogen and oxygen atoms in total. The van der Waals surface area contributed by atoms with Crippen molar-refractivity contribution in [2.45, 2.75) is 10.8 Å². The summed E-state index contributed by atoms with van der Waals surface area (Å²) in [5.74, 6) is 5.29. The number of fused-ring (bicyclic) bond motifs is 29. The number of benzene rings is 17. The standard InChI is InChI=1S/C59H36N4O.C56H33N3O/c1-4-17-37(18-5-1)54-45-32-33-50-55(64-52-30-15-14-29-49(52)59(50)47-27-12-10-25-43(47)44-26-11-13-28-48(44)59)53(45)46-36-41(31-34-51(46)60-54)40-23-16-24-42(35-40)58-62-56(38-19-6-2-7-20-38)61-57(63-58)39-21-8-3-9-22-39;1-3-13-34(14-4-1)47-30-25-36-23-24-37-26-31-48(58-54(37)53(36)57-47)38-27-32-49-42(33-38)51-41(52(59-49)35-15-5-2-6-16-35)28-29-46-55(51)60-50-22-12-11-21-45(50)56(46)43-19-9-7-17-39(43)40-18-8-10-20-44(40)56/h1-36H;1-33H. The molecule has 26 rings (SSSR count). The number of pyridine rings is 4. The molecule has 9 heteroatoms. The van der Waals surface area contributed by atoms with E-state index < -0.39 is 10.8 Å². The zero-order chi connectivity index (χ0) is 81.6. The highest BCUT2D eigenvalue weighted by atomic mass is 16.5. The Kier molecular flexibility index (Phi) is 16.0. The van der Waals surface area contributed by atoms with Crippen molar-refractivity contribution in [3.05, 3.63) is 463 Å². The molecule has 0 N–H and O–H groups in total. The third-order valence-corrected chi connectivity index (χ3v) is 25.7. The average Bonchev–Trinajstić information content (AvgIpc) is 1.47. The fourth-order valence-corrected chi connectivity index (χ4v) is 20.2. The normalized spacial score (nSPS) is 13.1. The highest BCUT2D eigenvalue weighted by Crippen LogP contribution is 2.66. The van der Waals surface area contributed by atoms with Gasteiger partial charge in [0.15, 0.2) is 17.5 Å². The molecule has 2 aliphatic heterocycles. The van der Waals surface area contributed by atoms with Crippen LogP contribution in [0.5, 0.6) is 23.0 Å². The molecule has 0 saturated carbocycles. The lowest BCUT2D eigenvalue weighted by molar-refractivity contribution is 0.442. The van der Waals surface area contributed by atoms with Crippen LogP contribution in [0.25, 0.3) is 178 Å². The third-order valence-electron chi connectivity index (χ3n) is 25.7. The molecule has 22 aromatic rings. The Morgan fingerprint density at radius 1 is 0.194 bits per heavy atom. The number of para-hydroxylation sites is 2. The first-order valence-electron chi connectivity index (χ1n) is 42.1. The van der Waals surface area contributed by atoms with Gasteiger partial charge in [-0.05, 0) is 110 Å². The number of ether oxygens (including phenoxy) is 2. The summed E-state index contributed by atoms with van der Waals surface area (Å²) in [5.41, 5.74) is 29.6. The summed E-state index contributed by atoms with van der Waals surface area (Å²) >= 11 is 0. The topological polar surface area (TPSA) is 109 Å². The van der Waals surface area contributed by atoms with Gasteiger partial charge in [0.2, 0.25) is 0 Å². The van der Waals surface area contributed by atoms with Gasteiger partial charge in [0.1, 0.15) is 23.0 Å². The van der Waals surface area contributed by atoms with E-state index in [1.54, 1.807) is 0 Å². The van der Waals surface area contributed by atoms with E-state index in [2.05, 4.69) is 340 Å². The maximum Gasteiger partial charge on any atom is 0.164 e. The van der Waals surface area contributed by atoms with Gasteiger partial charge in [0.25, 0.3) is 0 Å². The predicted molar refractivity (Wildman–Crippen MR) is 501 cm³/mol. The van der Waals surface area contributed by atoms with E-state index in [4.69, 9.17) is 44.4 Å². The SMILES string of the molecule is c1ccc(-c2ccc3ccc4ccc(-c5ccc6nc(-c7ccccc7)c7ccc8c(c7c6c5)Oc5ccccc5C85c6ccccc6-c6ccccc65)nc4c3n2)cc1.c1ccc(-c2nc(-c3ccccc3)nc(-c3cccc(-c4ccc5nc(-c6ccccc6)c6ccc7c(c6c5c4)Oc4ccccc4C74c5ccccc5-c5ccccc54)c3)n2)cc1. The Bertz CT molecular complexity index is 8040. The quantitative estimate of drug-likeness (QED) is 0.137. The van der Waals surface area contributed by atoms with E-state index in [1.807, 2.05) is 78.9 Å². The second-order valence-electron chi connectivity index (χ2n) is 32.3. The van der Waals surface area contributed by atoms with E-state index in [1.165, 1.54) is 44.5 Å². The minimum absolute atomic E-state index is 0.585. The summed E-state index contributed by atoms with van der Waals surface area (Å²) in [5, 5.41) is 8.27. The lowest BCUT2D eigenvalue weighted by atomic mass is 9.65. The van der Waals surface area contributed by atoms with E-state index in [9.17, 15) is 0 Å². The number of hydrogen-bond donors (Lipinski definition) is 0. The van der Waals surface area contributed by atoms with Gasteiger partial charge >= 0.3 is 0 Å². The van der Waals surface area contributed by atoms with Crippen molar-refractivity contribution in [2.24, 2.45) is 0 Å². The fourth-order valence-electron chi connectivity index (χ4n) is 20.2. The largest absolute Gasteiger partial charge is 0.456 e. The van der Waals surface area contributed by atoms with Crippen LogP contribution in [0.4, 0.5) is 0 Å². The van der Waals surface area contributed by atoms with Crippen molar-refractivity contribution < 1.29 is 9.47 Å². The van der Waals surface area contributed by atoms with Crippen LogP contribution in [0.15, 0.2) is 419 Å². The number of aromatic nitrogens is 7. The van der Waals surface area contributed by atoms with Crippen molar-refractivity contribution in [1.29, 1.82) is 0 Å². The molecule has 0 bridgehead atoms. The van der Waals surface area contributed by atoms with Crippen molar-refractivity contribution >= 4 is 65.2 Å². The number of hydrogen-bond acceptors (Lipinski definition) is 9. The van der Waals surface area contributed by atoms with E-state index in [0.717, 1.165) is 183 Å². The highest BCUT2D eigenvalue weighted by molar-refractivity contribution is 6.18. The summed E-state index contributed by atoms with van der Waals surface area (Å²) in [6.07, 6.45) is 0. The second kappa shape index (κ2) is 28.1. The maximum absolute atomic E-state index is 7.27. The number of nitrogens with zero attached hydrogens (tertiary/aromatic N) is 7. The molecule has 2 aliphatic carbocycles. The van der Waals surface area contributed by atoms with E-state index in [-0.39, 0.29) is 0 Å². The Labute approximate surface area is 714 Å². The highest BCUT2D eigenvalue weighted by Gasteiger charge is 2.53. The fraction of sp³-hybridized carbons (Fsp3) is 0.0174. The average molecular weight is 1580 g/mol. The molecule has 0 atom stereocenters. The monoisotopic (exact) mass is 1580 g/mol. The van der Waals surface area contributed by atoms with Crippen LogP contribution >= 0.6 is 0 Å². The first-order valence-corrected chi connectivity index (χ1v) is 42.1. The molecule has 0 unspecified atom stereocenters. The first kappa shape index (κ1) is 70.5. The summed E-state index contributed by atoms with van der Waals surface area (Å²) in [6, 6.07) is 148. The van der Waals surface area contributed by atoms with Crippen LogP contribution in [-0.2, 0) is 10.8 Å². The van der Waals surface area contributed by atoms with Crippen LogP contribution in [0, 0.1) is 0 Å². The molecular formula is C115H69N7O2. The minimum Gasteiger partial charge on any atom is -0.456 e. The summed E-state index contributed by atoms with van der Waals surface area (Å²) in [6.45, 7) is 0. The molecular weight excluding hydrogens is 1510 g/mol. The van der Waals surface area contributed by atoms with Gasteiger partial charge in [-0.1, -0.05) is 364 Å². The lowest BCUT2D eigenvalue weighted by Gasteiger charge is -2.40. The molecule has 0 radical (unpaired) electrons. The molecule has 4 aliphatic rings. The molecule has 7 heterocycles. The zero-order valence-corrected chi connectivity index (χ0v) is 66.8. The van der Waals surface area contributed by atoms with Gasteiger partial charge in [0, 0.05) is 104 Å². The van der Waals surface area contributed by atoms with Gasteiger partial charge in [-0.3, -0.25) is 0 Å². The van der Waals surface area contributed by atoms with Gasteiger partial charge in [-0.2, -0.15) is 0 Å². The van der Waals surface area contributed by atoms with Crippen molar-refractivity contribution in [3.8, 4) is 136 Å². The Hall–Kier alpha value is -16.5. The lowest BCUT2D eigenvalue weighted by Crippen LogP contribution is -2.32. The Balaban J connectivity index is 0.000000136. The molecule has 124 heavy (non-hydrogen) atoms. The van der Waals surface area contributed by atoms with Crippen LogP contribution < -0.4 is 9.47 Å². The molecule has 2 spiro atoms. The molecule has 0 amide bonds. The predicted octanol–water partition coefficient (Wildman–Crippen LogP) is 28.3. The van der Waals surface area contributed by atoms with Gasteiger partial charge in [-0.25, -0.2) is 34.9 Å².